The third-order valence-electron chi connectivity index (χ3n) is 6.34. The number of carbonyl (C=O) groups is 2. The molecule has 38 heavy (non-hydrogen) atoms. The van der Waals surface area contributed by atoms with Gasteiger partial charge in [-0.05, 0) is 60.5 Å². The standard InChI is InChI=1S/C29H25FN4O4/c1-18-3-5-20(6-4-18)17-33-28(36)26(31-29(33)37)16-24-25(15-19-7-9-21(30)10-8-19)32-34(27(24)35)22-11-13-23(38-2)14-12-22/h3-14,16,32H,15,17H2,1-2H3,(H,31,37)/b26-16-. The summed E-state index contributed by atoms with van der Waals surface area (Å²) < 4.78 is 20.0. The van der Waals surface area contributed by atoms with Crippen LogP contribution < -0.4 is 15.6 Å². The molecule has 192 valence electrons. The number of benzene rings is 3. The minimum atomic E-state index is -0.562. The van der Waals surface area contributed by atoms with E-state index >= 15 is 0 Å². The molecule has 1 aliphatic rings. The lowest BCUT2D eigenvalue weighted by Crippen LogP contribution is -2.30. The zero-order chi connectivity index (χ0) is 26.8. The molecule has 1 aromatic heterocycles. The van der Waals surface area contributed by atoms with Crippen LogP contribution in [0.5, 0.6) is 5.75 Å². The maximum atomic E-state index is 13.5. The predicted molar refractivity (Wildman–Crippen MR) is 140 cm³/mol. The summed E-state index contributed by atoms with van der Waals surface area (Å²) in [7, 11) is 1.55. The Kier molecular flexibility index (Phi) is 6.66. The molecule has 0 atom stereocenters. The molecule has 3 aromatic carbocycles. The van der Waals surface area contributed by atoms with Gasteiger partial charge in [0.15, 0.2) is 0 Å². The summed E-state index contributed by atoms with van der Waals surface area (Å²) in [6.07, 6.45) is 1.67. The fourth-order valence-electron chi connectivity index (χ4n) is 4.23. The van der Waals surface area contributed by atoms with E-state index < -0.39 is 17.5 Å². The fourth-order valence-corrected chi connectivity index (χ4v) is 4.23. The van der Waals surface area contributed by atoms with Crippen molar-refractivity contribution in [3.05, 3.63) is 123 Å². The maximum absolute atomic E-state index is 13.5. The van der Waals surface area contributed by atoms with Crippen molar-refractivity contribution in [1.82, 2.24) is 20.0 Å². The number of halogens is 1. The number of urea groups is 1. The molecule has 0 aliphatic carbocycles. The lowest BCUT2D eigenvalue weighted by molar-refractivity contribution is -0.123. The summed E-state index contributed by atoms with van der Waals surface area (Å²) in [6.45, 7) is 2.06. The molecule has 0 spiro atoms. The van der Waals surface area contributed by atoms with Crippen molar-refractivity contribution in [1.29, 1.82) is 0 Å². The number of H-pyrrole nitrogens is 1. The van der Waals surface area contributed by atoms with Crippen LogP contribution in [0.25, 0.3) is 11.8 Å². The number of aromatic nitrogens is 2. The molecule has 2 heterocycles. The lowest BCUT2D eigenvalue weighted by atomic mass is 10.1. The topological polar surface area (TPSA) is 96.4 Å². The second kappa shape index (κ2) is 10.2. The molecule has 5 rings (SSSR count). The summed E-state index contributed by atoms with van der Waals surface area (Å²) in [6, 6.07) is 19.8. The van der Waals surface area contributed by atoms with Crippen LogP contribution >= 0.6 is 0 Å². The van der Waals surface area contributed by atoms with Crippen LogP contribution in [0.2, 0.25) is 0 Å². The molecule has 0 radical (unpaired) electrons. The zero-order valence-corrected chi connectivity index (χ0v) is 20.8. The van der Waals surface area contributed by atoms with Crippen LogP contribution in [-0.4, -0.2) is 33.7 Å². The van der Waals surface area contributed by atoms with Crippen molar-refractivity contribution in [2.24, 2.45) is 0 Å². The summed E-state index contributed by atoms with van der Waals surface area (Å²) in [5, 5.41) is 5.70. The van der Waals surface area contributed by atoms with Gasteiger partial charge in [-0.25, -0.2) is 13.9 Å². The average Bonchev–Trinajstić information content (AvgIpc) is 3.37. The SMILES string of the molecule is COc1ccc(-n2[nH]c(Cc3ccc(F)cc3)c(/C=C3\NC(=O)N(Cc4ccc(C)cc4)C3=O)c2=O)cc1. The highest BCUT2D eigenvalue weighted by Gasteiger charge is 2.34. The number of aryl methyl sites for hydroxylation is 1. The van der Waals surface area contributed by atoms with Gasteiger partial charge in [0.25, 0.3) is 11.5 Å². The Morgan fingerprint density at radius 1 is 0.895 bits per heavy atom. The lowest BCUT2D eigenvalue weighted by Gasteiger charge is -2.11. The normalized spacial score (nSPS) is 14.3. The van der Waals surface area contributed by atoms with Crippen LogP contribution in [0.4, 0.5) is 9.18 Å². The minimum Gasteiger partial charge on any atom is -0.497 e. The minimum absolute atomic E-state index is 0.000415. The number of nitrogens with one attached hydrogen (secondary N) is 2. The number of methoxy groups -OCH3 is 1. The number of hydrogen-bond donors (Lipinski definition) is 2. The number of rotatable bonds is 7. The number of imide groups is 1. The van der Waals surface area contributed by atoms with Crippen molar-refractivity contribution in [3.63, 3.8) is 0 Å². The van der Waals surface area contributed by atoms with E-state index in [1.807, 2.05) is 31.2 Å². The van der Waals surface area contributed by atoms with E-state index in [-0.39, 0.29) is 30.0 Å². The van der Waals surface area contributed by atoms with Crippen LogP contribution in [0.15, 0.2) is 83.3 Å². The second-order valence-electron chi connectivity index (χ2n) is 9.01. The van der Waals surface area contributed by atoms with Gasteiger partial charge >= 0.3 is 6.03 Å². The van der Waals surface area contributed by atoms with E-state index in [4.69, 9.17) is 4.74 Å². The van der Waals surface area contributed by atoms with Crippen molar-refractivity contribution in [3.8, 4) is 11.4 Å². The summed E-state index contributed by atoms with van der Waals surface area (Å²) >= 11 is 0. The molecule has 0 unspecified atom stereocenters. The van der Waals surface area contributed by atoms with Gasteiger partial charge in [-0.2, -0.15) is 0 Å². The molecule has 0 saturated carbocycles. The van der Waals surface area contributed by atoms with E-state index in [0.29, 0.717) is 17.1 Å². The Bertz CT molecular complexity index is 1580. The van der Waals surface area contributed by atoms with Gasteiger partial charge in [0.1, 0.15) is 17.3 Å². The van der Waals surface area contributed by atoms with E-state index in [2.05, 4.69) is 10.4 Å². The van der Waals surface area contributed by atoms with E-state index in [0.717, 1.165) is 21.6 Å². The van der Waals surface area contributed by atoms with Gasteiger partial charge in [-0.15, -0.1) is 0 Å². The van der Waals surface area contributed by atoms with Crippen molar-refractivity contribution < 1.29 is 18.7 Å². The number of ether oxygens (including phenoxy) is 1. The Balaban J connectivity index is 1.52. The Morgan fingerprint density at radius 3 is 2.21 bits per heavy atom. The molecule has 0 bridgehead atoms. The summed E-state index contributed by atoms with van der Waals surface area (Å²) in [5.74, 6) is -0.261. The zero-order valence-electron chi connectivity index (χ0n) is 20.8. The number of carbonyl (C=O) groups excluding carboxylic acids is 2. The maximum Gasteiger partial charge on any atom is 0.329 e. The first kappa shape index (κ1) is 24.8. The van der Waals surface area contributed by atoms with Crippen molar-refractivity contribution in [2.45, 2.75) is 19.9 Å². The molecular formula is C29H25FN4O4. The largest absolute Gasteiger partial charge is 0.497 e. The third kappa shape index (κ3) is 4.99. The molecule has 1 aliphatic heterocycles. The number of nitrogens with zero attached hydrogens (tertiary/aromatic N) is 2. The first-order chi connectivity index (χ1) is 18.3. The summed E-state index contributed by atoms with van der Waals surface area (Å²) in [5.41, 5.74) is 3.51. The van der Waals surface area contributed by atoms with Crippen molar-refractivity contribution >= 4 is 18.0 Å². The van der Waals surface area contributed by atoms with Gasteiger partial charge in [-0.3, -0.25) is 19.6 Å². The fraction of sp³-hybridized carbons (Fsp3) is 0.138. The van der Waals surface area contributed by atoms with E-state index in [1.54, 1.807) is 43.5 Å². The summed E-state index contributed by atoms with van der Waals surface area (Å²) in [4.78, 5) is 40.4. The van der Waals surface area contributed by atoms with Crippen molar-refractivity contribution in [2.75, 3.05) is 7.11 Å². The first-order valence-electron chi connectivity index (χ1n) is 12.0. The highest BCUT2D eigenvalue weighted by atomic mass is 19.1. The quantitative estimate of drug-likeness (QED) is 0.285. The van der Waals surface area contributed by atoms with Gasteiger partial charge in [0.05, 0.1) is 24.9 Å². The molecule has 1 saturated heterocycles. The predicted octanol–water partition coefficient (Wildman–Crippen LogP) is 4.31. The van der Waals surface area contributed by atoms with E-state index in [1.165, 1.54) is 22.9 Å². The number of aromatic amines is 1. The smallest absolute Gasteiger partial charge is 0.329 e. The Labute approximate surface area is 218 Å². The van der Waals surface area contributed by atoms with E-state index in [9.17, 15) is 18.8 Å². The Hall–Kier alpha value is -4.92. The van der Waals surface area contributed by atoms with Crippen LogP contribution in [0.1, 0.15) is 27.9 Å². The number of amides is 3. The van der Waals surface area contributed by atoms with Crippen LogP contribution in [0, 0.1) is 12.7 Å². The monoisotopic (exact) mass is 512 g/mol. The third-order valence-corrected chi connectivity index (χ3v) is 6.34. The van der Waals surface area contributed by atoms with Gasteiger partial charge in [0.2, 0.25) is 0 Å². The van der Waals surface area contributed by atoms with Gasteiger partial charge in [0, 0.05) is 12.1 Å². The molecule has 1 fully saturated rings. The molecule has 2 N–H and O–H groups in total. The Morgan fingerprint density at radius 2 is 1.55 bits per heavy atom. The molecule has 3 amide bonds. The number of hydrogen-bond acceptors (Lipinski definition) is 4. The molecule has 4 aromatic rings. The van der Waals surface area contributed by atoms with Gasteiger partial charge < -0.3 is 10.1 Å². The average molecular weight is 513 g/mol. The van der Waals surface area contributed by atoms with Crippen LogP contribution in [0.3, 0.4) is 0 Å². The second-order valence-corrected chi connectivity index (χ2v) is 9.01. The van der Waals surface area contributed by atoms with Gasteiger partial charge in [-0.1, -0.05) is 42.0 Å². The first-order valence-corrected chi connectivity index (χ1v) is 12.0. The highest BCUT2D eigenvalue weighted by Crippen LogP contribution is 2.21. The highest BCUT2D eigenvalue weighted by molar-refractivity contribution is 6.13. The molecule has 9 heteroatoms. The molecular weight excluding hydrogens is 487 g/mol. The van der Waals surface area contributed by atoms with Crippen LogP contribution in [-0.2, 0) is 17.8 Å². The molecule has 8 nitrogen and oxygen atoms in total.